The standard InChI is InChI=1S/C25H18BrN3O8/c1-36-21-12-15(11-20(26)22(21)37-13-14-3-2-4-17(9-14)29(34)35)10-19-23(31)27-25(33)28(24(19)32)16-5-7-18(30)8-6-16/h2-12,30H,13H2,1H3,(H,27,31,33)/b19-10+. The fourth-order valence-corrected chi connectivity index (χ4v) is 4.11. The van der Waals surface area contributed by atoms with Crippen LogP contribution in [0.25, 0.3) is 6.08 Å². The highest BCUT2D eigenvalue weighted by Crippen LogP contribution is 2.38. The second kappa shape index (κ2) is 10.5. The number of aromatic hydroxyl groups is 1. The summed E-state index contributed by atoms with van der Waals surface area (Å²) in [5.41, 5.74) is 0.765. The average Bonchev–Trinajstić information content (AvgIpc) is 2.86. The number of anilines is 1. The van der Waals surface area contributed by atoms with E-state index in [1.165, 1.54) is 55.7 Å². The minimum atomic E-state index is -0.915. The zero-order valence-electron chi connectivity index (χ0n) is 19.1. The highest BCUT2D eigenvalue weighted by atomic mass is 79.9. The molecule has 3 aromatic carbocycles. The van der Waals surface area contributed by atoms with E-state index >= 15 is 0 Å². The molecule has 1 fully saturated rings. The third-order valence-electron chi connectivity index (χ3n) is 5.28. The third-order valence-corrected chi connectivity index (χ3v) is 5.87. The molecule has 0 bridgehead atoms. The number of rotatable bonds is 7. The highest BCUT2D eigenvalue weighted by molar-refractivity contribution is 9.10. The van der Waals surface area contributed by atoms with Gasteiger partial charge in [0.25, 0.3) is 17.5 Å². The first-order chi connectivity index (χ1) is 17.7. The second-order valence-electron chi connectivity index (χ2n) is 7.72. The Hall–Kier alpha value is -4.71. The molecule has 37 heavy (non-hydrogen) atoms. The number of barbiturate groups is 1. The molecule has 0 aromatic heterocycles. The van der Waals surface area contributed by atoms with Gasteiger partial charge in [0.05, 0.1) is 22.2 Å². The molecule has 0 aliphatic carbocycles. The van der Waals surface area contributed by atoms with E-state index in [4.69, 9.17) is 9.47 Å². The summed E-state index contributed by atoms with van der Waals surface area (Å²) in [7, 11) is 1.41. The Kier molecular flexibility index (Phi) is 7.20. The van der Waals surface area contributed by atoms with Gasteiger partial charge >= 0.3 is 6.03 Å². The molecule has 0 spiro atoms. The smallest absolute Gasteiger partial charge is 0.335 e. The molecular weight excluding hydrogens is 550 g/mol. The molecule has 1 saturated heterocycles. The number of halogens is 1. The van der Waals surface area contributed by atoms with E-state index in [9.17, 15) is 29.6 Å². The summed E-state index contributed by atoms with van der Waals surface area (Å²) in [4.78, 5) is 49.2. The maximum Gasteiger partial charge on any atom is 0.335 e. The number of phenolic OH excluding ortho intramolecular Hbond substituents is 1. The monoisotopic (exact) mass is 567 g/mol. The summed E-state index contributed by atoms with van der Waals surface area (Å²) >= 11 is 3.39. The molecular formula is C25H18BrN3O8. The van der Waals surface area contributed by atoms with E-state index in [1.807, 2.05) is 0 Å². The van der Waals surface area contributed by atoms with Crippen LogP contribution in [0.15, 0.2) is 70.7 Å². The van der Waals surface area contributed by atoms with Crippen LogP contribution in [0.5, 0.6) is 17.2 Å². The van der Waals surface area contributed by atoms with E-state index in [0.717, 1.165) is 4.90 Å². The number of hydrogen-bond donors (Lipinski definition) is 2. The Balaban J connectivity index is 1.62. The number of nitrogens with zero attached hydrogens (tertiary/aromatic N) is 2. The Morgan fingerprint density at radius 2 is 1.84 bits per heavy atom. The molecule has 1 heterocycles. The van der Waals surface area contributed by atoms with E-state index in [0.29, 0.717) is 21.3 Å². The number of ether oxygens (including phenoxy) is 2. The van der Waals surface area contributed by atoms with Crippen LogP contribution in [0.1, 0.15) is 11.1 Å². The lowest BCUT2D eigenvalue weighted by molar-refractivity contribution is -0.384. The molecule has 11 nitrogen and oxygen atoms in total. The Labute approximate surface area is 218 Å². The zero-order chi connectivity index (χ0) is 26.7. The molecule has 188 valence electrons. The van der Waals surface area contributed by atoms with Crippen molar-refractivity contribution in [3.8, 4) is 17.2 Å². The van der Waals surface area contributed by atoms with Gasteiger partial charge in [0.1, 0.15) is 17.9 Å². The van der Waals surface area contributed by atoms with Gasteiger partial charge in [0, 0.05) is 12.1 Å². The molecule has 2 N–H and O–H groups in total. The van der Waals surface area contributed by atoms with Crippen molar-refractivity contribution in [1.82, 2.24) is 5.32 Å². The van der Waals surface area contributed by atoms with Crippen molar-refractivity contribution in [3.63, 3.8) is 0 Å². The summed E-state index contributed by atoms with van der Waals surface area (Å²) in [6.45, 7) is 0.0155. The predicted octanol–water partition coefficient (Wildman–Crippen LogP) is 4.32. The molecule has 3 aromatic rings. The van der Waals surface area contributed by atoms with E-state index in [1.54, 1.807) is 18.2 Å². The molecule has 0 atom stereocenters. The van der Waals surface area contributed by atoms with Gasteiger partial charge < -0.3 is 14.6 Å². The summed E-state index contributed by atoms with van der Waals surface area (Å²) in [5.74, 6) is -1.20. The van der Waals surface area contributed by atoms with Gasteiger partial charge in [-0.05, 0) is 69.5 Å². The van der Waals surface area contributed by atoms with Crippen molar-refractivity contribution in [3.05, 3.63) is 92.0 Å². The Bertz CT molecular complexity index is 1450. The molecule has 0 saturated carbocycles. The number of hydrogen-bond acceptors (Lipinski definition) is 8. The number of nitro groups is 1. The summed E-state index contributed by atoms with van der Waals surface area (Å²) in [6, 6.07) is 13.6. The van der Waals surface area contributed by atoms with Crippen LogP contribution in [0.4, 0.5) is 16.2 Å². The van der Waals surface area contributed by atoms with E-state index in [-0.39, 0.29) is 35.1 Å². The lowest BCUT2D eigenvalue weighted by Crippen LogP contribution is -2.54. The summed E-state index contributed by atoms with van der Waals surface area (Å²) in [5, 5.41) is 22.6. The van der Waals surface area contributed by atoms with Crippen molar-refractivity contribution in [2.75, 3.05) is 12.0 Å². The number of urea groups is 1. The first-order valence-electron chi connectivity index (χ1n) is 10.6. The topological polar surface area (TPSA) is 148 Å². The first kappa shape index (κ1) is 25.4. The van der Waals surface area contributed by atoms with Crippen molar-refractivity contribution in [1.29, 1.82) is 0 Å². The Morgan fingerprint density at radius 1 is 1.11 bits per heavy atom. The minimum absolute atomic E-state index is 0.0155. The van der Waals surface area contributed by atoms with Crippen LogP contribution in [0, 0.1) is 10.1 Å². The fraction of sp³-hybridized carbons (Fsp3) is 0.0800. The van der Waals surface area contributed by atoms with E-state index < -0.39 is 22.8 Å². The van der Waals surface area contributed by atoms with Crippen molar-refractivity contribution >= 4 is 51.2 Å². The van der Waals surface area contributed by atoms with Gasteiger partial charge in [-0.2, -0.15) is 0 Å². The number of nitrogens with one attached hydrogen (secondary N) is 1. The van der Waals surface area contributed by atoms with Crippen molar-refractivity contribution in [2.45, 2.75) is 6.61 Å². The second-order valence-corrected chi connectivity index (χ2v) is 8.58. The van der Waals surface area contributed by atoms with Crippen LogP contribution >= 0.6 is 15.9 Å². The number of carbonyl (C=O) groups excluding carboxylic acids is 3. The maximum absolute atomic E-state index is 13.1. The molecule has 0 unspecified atom stereocenters. The van der Waals surface area contributed by atoms with E-state index in [2.05, 4.69) is 21.2 Å². The molecule has 4 rings (SSSR count). The third kappa shape index (κ3) is 5.43. The number of non-ortho nitro benzene ring substituents is 1. The van der Waals surface area contributed by atoms with Gasteiger partial charge in [-0.1, -0.05) is 12.1 Å². The maximum atomic E-state index is 13.1. The predicted molar refractivity (Wildman–Crippen MR) is 135 cm³/mol. The number of benzene rings is 3. The molecule has 1 aliphatic rings. The number of phenols is 1. The summed E-state index contributed by atoms with van der Waals surface area (Å²) in [6.07, 6.45) is 1.30. The van der Waals surface area contributed by atoms with Crippen LogP contribution in [0.3, 0.4) is 0 Å². The van der Waals surface area contributed by atoms with Crippen LogP contribution in [-0.4, -0.2) is 35.0 Å². The molecule has 1 aliphatic heterocycles. The number of carbonyl (C=O) groups is 3. The van der Waals surface area contributed by atoms with Gasteiger partial charge in [0.2, 0.25) is 0 Å². The number of amides is 4. The van der Waals surface area contributed by atoms with Crippen LogP contribution in [-0.2, 0) is 16.2 Å². The fourth-order valence-electron chi connectivity index (χ4n) is 3.54. The molecule has 0 radical (unpaired) electrons. The SMILES string of the molecule is COc1cc(/C=C2\C(=O)NC(=O)N(c3ccc(O)cc3)C2=O)cc(Br)c1OCc1cccc([N+](=O)[O-])c1. The first-order valence-corrected chi connectivity index (χ1v) is 11.4. The normalized spacial score (nSPS) is 14.5. The molecule has 12 heteroatoms. The van der Waals surface area contributed by atoms with Gasteiger partial charge in [-0.3, -0.25) is 25.0 Å². The van der Waals surface area contributed by atoms with Crippen molar-refractivity contribution in [2.24, 2.45) is 0 Å². The van der Waals surface area contributed by atoms with Crippen molar-refractivity contribution < 1.29 is 33.9 Å². The van der Waals surface area contributed by atoms with Gasteiger partial charge in [0.15, 0.2) is 11.5 Å². The van der Waals surface area contributed by atoms with Gasteiger partial charge in [-0.25, -0.2) is 9.69 Å². The summed E-state index contributed by atoms with van der Waals surface area (Å²) < 4.78 is 11.7. The Morgan fingerprint density at radius 3 is 2.51 bits per heavy atom. The average molecular weight is 568 g/mol. The highest BCUT2D eigenvalue weighted by Gasteiger charge is 2.36. The molecule has 4 amide bonds. The largest absolute Gasteiger partial charge is 0.508 e. The van der Waals surface area contributed by atoms with Gasteiger partial charge in [-0.15, -0.1) is 0 Å². The van der Waals surface area contributed by atoms with Crippen LogP contribution in [0.2, 0.25) is 0 Å². The lowest BCUT2D eigenvalue weighted by atomic mass is 10.1. The quantitative estimate of drug-likeness (QED) is 0.185. The zero-order valence-corrected chi connectivity index (χ0v) is 20.7. The van der Waals surface area contributed by atoms with Crippen LogP contribution < -0.4 is 19.7 Å². The number of imide groups is 2. The lowest BCUT2D eigenvalue weighted by Gasteiger charge is -2.26. The number of nitro benzene ring substituents is 1. The minimum Gasteiger partial charge on any atom is -0.508 e. The number of methoxy groups -OCH3 is 1.